The number of carbonyl (C=O) groups is 2. The van der Waals surface area contributed by atoms with Gasteiger partial charge in [0.2, 0.25) is 5.91 Å². The van der Waals surface area contributed by atoms with Crippen molar-refractivity contribution in [2.24, 2.45) is 5.92 Å². The quantitative estimate of drug-likeness (QED) is 0.867. The topological polar surface area (TPSA) is 57.6 Å². The number of thiophene rings is 1. The molecule has 1 amide bonds. The molecule has 5 heteroatoms. The Kier molecular flexibility index (Phi) is 3.78. The molecule has 0 bridgehead atoms. The maximum Gasteiger partial charge on any atom is 0.310 e. The fourth-order valence-electron chi connectivity index (χ4n) is 1.87. The van der Waals surface area contributed by atoms with Gasteiger partial charge in [-0.25, -0.2) is 0 Å². The molecule has 1 aliphatic heterocycles. The van der Waals surface area contributed by atoms with E-state index < -0.39 is 5.97 Å². The Labute approximate surface area is 104 Å². The fraction of sp³-hybridized carbons (Fsp3) is 0.500. The van der Waals surface area contributed by atoms with Gasteiger partial charge in [-0.15, -0.1) is 11.3 Å². The summed E-state index contributed by atoms with van der Waals surface area (Å²) in [4.78, 5) is 25.2. The third-order valence-corrected chi connectivity index (χ3v) is 3.91. The Morgan fingerprint density at radius 1 is 1.47 bits per heavy atom. The van der Waals surface area contributed by atoms with Crippen LogP contribution in [0.3, 0.4) is 0 Å². The van der Waals surface area contributed by atoms with Crippen molar-refractivity contribution in [3.8, 4) is 0 Å². The summed E-state index contributed by atoms with van der Waals surface area (Å²) >= 11 is 1.70. The molecule has 0 atom stereocenters. The monoisotopic (exact) mass is 253 g/mol. The molecule has 1 saturated heterocycles. The van der Waals surface area contributed by atoms with Crippen LogP contribution in [-0.2, 0) is 16.0 Å². The first-order chi connectivity index (χ1) is 8.16. The number of carbonyl (C=O) groups excluding carboxylic acids is 1. The van der Waals surface area contributed by atoms with Crippen LogP contribution >= 0.6 is 11.3 Å². The summed E-state index contributed by atoms with van der Waals surface area (Å²) in [7, 11) is 0. The Morgan fingerprint density at radius 2 is 2.24 bits per heavy atom. The van der Waals surface area contributed by atoms with Gasteiger partial charge in [0.15, 0.2) is 0 Å². The van der Waals surface area contributed by atoms with E-state index in [-0.39, 0.29) is 11.8 Å². The first-order valence-corrected chi connectivity index (χ1v) is 6.58. The van der Waals surface area contributed by atoms with Crippen molar-refractivity contribution in [3.05, 3.63) is 22.4 Å². The molecular formula is C12H15NO3S. The number of amides is 1. The van der Waals surface area contributed by atoms with E-state index in [0.717, 1.165) is 12.8 Å². The van der Waals surface area contributed by atoms with Crippen molar-refractivity contribution in [1.82, 2.24) is 4.90 Å². The van der Waals surface area contributed by atoms with Gasteiger partial charge in [0.1, 0.15) is 0 Å². The van der Waals surface area contributed by atoms with Crippen molar-refractivity contribution in [2.45, 2.75) is 19.3 Å². The number of carboxylic acids is 1. The van der Waals surface area contributed by atoms with E-state index >= 15 is 0 Å². The van der Waals surface area contributed by atoms with Gasteiger partial charge >= 0.3 is 5.97 Å². The lowest BCUT2D eigenvalue weighted by Crippen LogP contribution is -2.52. The predicted octanol–water partition coefficient (Wildman–Crippen LogP) is 1.61. The molecule has 1 aliphatic rings. The van der Waals surface area contributed by atoms with E-state index in [9.17, 15) is 9.59 Å². The average Bonchev–Trinajstić information content (AvgIpc) is 2.67. The summed E-state index contributed by atoms with van der Waals surface area (Å²) in [5.74, 6) is -1.07. The first kappa shape index (κ1) is 12.1. The molecule has 2 rings (SSSR count). The maximum absolute atomic E-state index is 11.7. The van der Waals surface area contributed by atoms with Crippen LogP contribution in [0.15, 0.2) is 17.5 Å². The third kappa shape index (κ3) is 3.06. The molecule has 0 aromatic carbocycles. The van der Waals surface area contributed by atoms with Gasteiger partial charge in [0.25, 0.3) is 0 Å². The maximum atomic E-state index is 11.7. The summed E-state index contributed by atoms with van der Waals surface area (Å²) in [5, 5.41) is 10.7. The van der Waals surface area contributed by atoms with Crippen LogP contribution < -0.4 is 0 Å². The number of hydrogen-bond acceptors (Lipinski definition) is 3. The van der Waals surface area contributed by atoms with E-state index in [1.54, 1.807) is 16.2 Å². The van der Waals surface area contributed by atoms with Crippen LogP contribution in [-0.4, -0.2) is 35.0 Å². The Balaban J connectivity index is 1.64. The normalized spacial score (nSPS) is 15.6. The van der Waals surface area contributed by atoms with Gasteiger partial charge in [0.05, 0.1) is 5.92 Å². The summed E-state index contributed by atoms with van der Waals surface area (Å²) in [6, 6.07) is 4.08. The van der Waals surface area contributed by atoms with Crippen LogP contribution in [0.5, 0.6) is 0 Å². The minimum absolute atomic E-state index is 0.0825. The zero-order valence-electron chi connectivity index (χ0n) is 9.46. The second-order valence-electron chi connectivity index (χ2n) is 4.27. The summed E-state index contributed by atoms with van der Waals surface area (Å²) in [5.41, 5.74) is 0. The van der Waals surface area contributed by atoms with Gasteiger partial charge in [-0.3, -0.25) is 9.59 Å². The molecular weight excluding hydrogens is 238 g/mol. The van der Waals surface area contributed by atoms with E-state index in [2.05, 4.69) is 6.07 Å². The lowest BCUT2D eigenvalue weighted by molar-refractivity contribution is -0.152. The SMILES string of the molecule is O=C(O)C1CN(C(=O)CCCc2cccs2)C1. The second-order valence-corrected chi connectivity index (χ2v) is 5.30. The molecule has 2 heterocycles. The zero-order valence-corrected chi connectivity index (χ0v) is 10.3. The number of carboxylic acid groups (broad SMARTS) is 1. The average molecular weight is 253 g/mol. The molecule has 1 fully saturated rings. The van der Waals surface area contributed by atoms with Crippen LogP contribution in [0.1, 0.15) is 17.7 Å². The number of likely N-dealkylation sites (tertiary alicyclic amines) is 1. The summed E-state index contributed by atoms with van der Waals surface area (Å²) < 4.78 is 0. The molecule has 4 nitrogen and oxygen atoms in total. The number of aliphatic carboxylic acids is 1. The van der Waals surface area contributed by atoms with E-state index in [1.165, 1.54) is 4.88 Å². The first-order valence-electron chi connectivity index (χ1n) is 5.70. The minimum atomic E-state index is -0.798. The largest absolute Gasteiger partial charge is 0.481 e. The van der Waals surface area contributed by atoms with E-state index in [1.807, 2.05) is 11.4 Å². The van der Waals surface area contributed by atoms with Crippen molar-refractivity contribution in [1.29, 1.82) is 0 Å². The van der Waals surface area contributed by atoms with Crippen molar-refractivity contribution >= 4 is 23.2 Å². The highest BCUT2D eigenvalue weighted by Gasteiger charge is 2.34. The highest BCUT2D eigenvalue weighted by Crippen LogP contribution is 2.18. The molecule has 92 valence electrons. The zero-order chi connectivity index (χ0) is 12.3. The number of rotatable bonds is 5. The Hall–Kier alpha value is -1.36. The molecule has 0 saturated carbocycles. The van der Waals surface area contributed by atoms with Crippen LogP contribution in [0.2, 0.25) is 0 Å². The smallest absolute Gasteiger partial charge is 0.310 e. The summed E-state index contributed by atoms with van der Waals surface area (Å²) in [6.07, 6.45) is 2.29. The van der Waals surface area contributed by atoms with Crippen LogP contribution in [0.4, 0.5) is 0 Å². The van der Waals surface area contributed by atoms with Crippen molar-refractivity contribution in [3.63, 3.8) is 0 Å². The van der Waals surface area contributed by atoms with E-state index in [4.69, 9.17) is 5.11 Å². The Bertz CT molecular complexity index is 396. The lowest BCUT2D eigenvalue weighted by Gasteiger charge is -2.36. The molecule has 0 radical (unpaired) electrons. The molecule has 0 unspecified atom stereocenters. The second kappa shape index (κ2) is 5.31. The molecule has 0 spiro atoms. The van der Waals surface area contributed by atoms with Crippen LogP contribution in [0.25, 0.3) is 0 Å². The molecule has 0 aliphatic carbocycles. The number of aryl methyl sites for hydroxylation is 1. The van der Waals surface area contributed by atoms with Gasteiger partial charge < -0.3 is 10.0 Å². The summed E-state index contributed by atoms with van der Waals surface area (Å²) in [6.45, 7) is 0.764. The van der Waals surface area contributed by atoms with Gasteiger partial charge in [-0.2, -0.15) is 0 Å². The van der Waals surface area contributed by atoms with Crippen molar-refractivity contribution in [2.75, 3.05) is 13.1 Å². The molecule has 1 N–H and O–H groups in total. The number of hydrogen-bond donors (Lipinski definition) is 1. The lowest BCUT2D eigenvalue weighted by atomic mass is 10.00. The molecule has 17 heavy (non-hydrogen) atoms. The van der Waals surface area contributed by atoms with E-state index in [0.29, 0.717) is 19.5 Å². The predicted molar refractivity (Wildman–Crippen MR) is 65.0 cm³/mol. The highest BCUT2D eigenvalue weighted by molar-refractivity contribution is 7.09. The Morgan fingerprint density at radius 3 is 2.82 bits per heavy atom. The minimum Gasteiger partial charge on any atom is -0.481 e. The van der Waals surface area contributed by atoms with Gasteiger partial charge in [-0.1, -0.05) is 6.07 Å². The molecule has 1 aromatic heterocycles. The van der Waals surface area contributed by atoms with Crippen LogP contribution in [0, 0.1) is 5.92 Å². The van der Waals surface area contributed by atoms with Gasteiger partial charge in [-0.05, 0) is 24.3 Å². The van der Waals surface area contributed by atoms with Crippen molar-refractivity contribution < 1.29 is 14.7 Å². The highest BCUT2D eigenvalue weighted by atomic mass is 32.1. The number of nitrogens with zero attached hydrogens (tertiary/aromatic N) is 1. The third-order valence-electron chi connectivity index (χ3n) is 2.98. The van der Waals surface area contributed by atoms with Gasteiger partial charge in [0, 0.05) is 24.4 Å². The molecule has 1 aromatic rings. The standard InChI is InChI=1S/C12H15NO3S/c14-11(13-7-9(8-13)12(15)16)5-1-3-10-4-2-6-17-10/h2,4,6,9H,1,3,5,7-8H2,(H,15,16). The fourth-order valence-corrected chi connectivity index (χ4v) is 2.62.